The average molecular weight is 287 g/mol. The van der Waals surface area contributed by atoms with E-state index in [9.17, 15) is 8.60 Å². The summed E-state index contributed by atoms with van der Waals surface area (Å²) in [5, 5.41) is 8.98. The van der Waals surface area contributed by atoms with Crippen LogP contribution in [0.3, 0.4) is 0 Å². The van der Waals surface area contributed by atoms with E-state index in [0.717, 1.165) is 11.1 Å². The molecule has 0 heterocycles. The SMILES string of the molecule is Cc1ccccc1CS(=O)Cc1cc(F)ccc1C#N. The van der Waals surface area contributed by atoms with Crippen LogP contribution in [-0.2, 0) is 22.3 Å². The first-order chi connectivity index (χ1) is 9.60. The highest BCUT2D eigenvalue weighted by molar-refractivity contribution is 7.83. The third-order valence-corrected chi connectivity index (χ3v) is 4.35. The molecule has 2 rings (SSSR count). The Morgan fingerprint density at radius 1 is 1.15 bits per heavy atom. The highest BCUT2D eigenvalue weighted by Gasteiger charge is 2.10. The number of hydrogen-bond acceptors (Lipinski definition) is 2. The van der Waals surface area contributed by atoms with E-state index < -0.39 is 16.6 Å². The van der Waals surface area contributed by atoms with Crippen LogP contribution in [0.15, 0.2) is 42.5 Å². The van der Waals surface area contributed by atoms with Gasteiger partial charge in [0.1, 0.15) is 5.82 Å². The summed E-state index contributed by atoms with van der Waals surface area (Å²) in [6.45, 7) is 1.97. The molecule has 0 aliphatic rings. The third-order valence-electron chi connectivity index (χ3n) is 3.08. The molecule has 0 aliphatic carbocycles. The predicted molar refractivity (Wildman–Crippen MR) is 77.8 cm³/mol. The fourth-order valence-corrected chi connectivity index (χ4v) is 3.32. The Balaban J connectivity index is 2.15. The van der Waals surface area contributed by atoms with E-state index in [1.807, 2.05) is 37.3 Å². The van der Waals surface area contributed by atoms with Gasteiger partial charge in [0.25, 0.3) is 0 Å². The lowest BCUT2D eigenvalue weighted by Crippen LogP contribution is -2.03. The Hall–Kier alpha value is -1.99. The molecular formula is C16H14FNOS. The van der Waals surface area contributed by atoms with E-state index in [-0.39, 0.29) is 5.75 Å². The quantitative estimate of drug-likeness (QED) is 0.864. The Morgan fingerprint density at radius 3 is 2.55 bits per heavy atom. The Kier molecular flexibility index (Phi) is 4.65. The highest BCUT2D eigenvalue weighted by atomic mass is 32.2. The van der Waals surface area contributed by atoms with Crippen molar-refractivity contribution >= 4 is 10.8 Å². The largest absolute Gasteiger partial charge is 0.259 e. The second-order valence-electron chi connectivity index (χ2n) is 4.57. The van der Waals surface area contributed by atoms with Crippen LogP contribution in [-0.4, -0.2) is 4.21 Å². The van der Waals surface area contributed by atoms with E-state index in [0.29, 0.717) is 16.9 Å². The van der Waals surface area contributed by atoms with Crippen molar-refractivity contribution in [1.82, 2.24) is 0 Å². The maximum Gasteiger partial charge on any atom is 0.123 e. The minimum absolute atomic E-state index is 0.189. The van der Waals surface area contributed by atoms with Crippen molar-refractivity contribution < 1.29 is 8.60 Å². The number of halogens is 1. The van der Waals surface area contributed by atoms with Crippen molar-refractivity contribution in [3.05, 3.63) is 70.5 Å². The summed E-state index contributed by atoms with van der Waals surface area (Å²) in [6, 6.07) is 13.7. The summed E-state index contributed by atoms with van der Waals surface area (Å²) in [6.07, 6.45) is 0. The number of nitriles is 1. The monoisotopic (exact) mass is 287 g/mol. The summed E-state index contributed by atoms with van der Waals surface area (Å²) >= 11 is 0. The van der Waals surface area contributed by atoms with Crippen LogP contribution in [0.5, 0.6) is 0 Å². The molecule has 0 radical (unpaired) electrons. The zero-order chi connectivity index (χ0) is 14.5. The first kappa shape index (κ1) is 14.4. The fraction of sp³-hybridized carbons (Fsp3) is 0.188. The van der Waals surface area contributed by atoms with Crippen LogP contribution in [0.4, 0.5) is 4.39 Å². The molecule has 0 saturated heterocycles. The summed E-state index contributed by atoms with van der Waals surface area (Å²) in [5.41, 5.74) is 2.98. The normalized spacial score (nSPS) is 11.8. The van der Waals surface area contributed by atoms with Gasteiger partial charge in [0.05, 0.1) is 17.4 Å². The molecule has 4 heteroatoms. The molecule has 0 fully saturated rings. The van der Waals surface area contributed by atoms with Gasteiger partial charge in [-0.3, -0.25) is 4.21 Å². The second-order valence-corrected chi connectivity index (χ2v) is 6.03. The van der Waals surface area contributed by atoms with Crippen LogP contribution in [0.1, 0.15) is 22.3 Å². The van der Waals surface area contributed by atoms with Crippen molar-refractivity contribution in [1.29, 1.82) is 5.26 Å². The number of nitrogens with zero attached hydrogens (tertiary/aromatic N) is 1. The molecule has 2 aromatic rings. The van der Waals surface area contributed by atoms with E-state index >= 15 is 0 Å². The molecule has 0 bridgehead atoms. The van der Waals surface area contributed by atoms with E-state index in [1.165, 1.54) is 18.2 Å². The molecule has 0 N–H and O–H groups in total. The van der Waals surface area contributed by atoms with Crippen molar-refractivity contribution in [2.24, 2.45) is 0 Å². The molecule has 0 spiro atoms. The van der Waals surface area contributed by atoms with Crippen molar-refractivity contribution in [3.8, 4) is 6.07 Å². The van der Waals surface area contributed by atoms with Gasteiger partial charge in [-0.2, -0.15) is 5.26 Å². The minimum Gasteiger partial charge on any atom is -0.259 e. The topological polar surface area (TPSA) is 40.9 Å². The summed E-state index contributed by atoms with van der Waals surface area (Å²) in [4.78, 5) is 0. The molecular weight excluding hydrogens is 273 g/mol. The van der Waals surface area contributed by atoms with Crippen LogP contribution in [0.25, 0.3) is 0 Å². The van der Waals surface area contributed by atoms with E-state index in [4.69, 9.17) is 5.26 Å². The van der Waals surface area contributed by atoms with Gasteiger partial charge in [-0.25, -0.2) is 4.39 Å². The van der Waals surface area contributed by atoms with Gasteiger partial charge in [-0.1, -0.05) is 24.3 Å². The molecule has 0 amide bonds. The summed E-state index contributed by atoms with van der Waals surface area (Å²) < 4.78 is 25.4. The van der Waals surface area contributed by atoms with Gasteiger partial charge in [-0.05, 0) is 41.8 Å². The first-order valence-corrected chi connectivity index (χ1v) is 7.67. The number of rotatable bonds is 4. The number of aryl methyl sites for hydroxylation is 1. The molecule has 102 valence electrons. The van der Waals surface area contributed by atoms with Crippen LogP contribution in [0, 0.1) is 24.1 Å². The van der Waals surface area contributed by atoms with Crippen LogP contribution in [0.2, 0.25) is 0 Å². The maximum atomic E-state index is 13.2. The smallest absolute Gasteiger partial charge is 0.123 e. The third kappa shape index (κ3) is 3.52. The predicted octanol–water partition coefficient (Wildman–Crippen LogP) is 3.45. The van der Waals surface area contributed by atoms with Gasteiger partial charge < -0.3 is 0 Å². The lowest BCUT2D eigenvalue weighted by molar-refractivity contribution is 0.626. The Morgan fingerprint density at radius 2 is 1.85 bits per heavy atom. The average Bonchev–Trinajstić information content (AvgIpc) is 2.41. The van der Waals surface area contributed by atoms with E-state index in [2.05, 4.69) is 0 Å². The molecule has 20 heavy (non-hydrogen) atoms. The zero-order valence-electron chi connectivity index (χ0n) is 11.1. The number of benzene rings is 2. The van der Waals surface area contributed by atoms with Gasteiger partial charge >= 0.3 is 0 Å². The lowest BCUT2D eigenvalue weighted by atomic mass is 10.1. The zero-order valence-corrected chi connectivity index (χ0v) is 11.9. The molecule has 2 aromatic carbocycles. The standard InChI is InChI=1S/C16H14FNOS/c1-12-4-2-3-5-14(12)10-20(19)11-15-8-16(17)7-6-13(15)9-18/h2-8H,10-11H2,1H3. The summed E-state index contributed by atoms with van der Waals surface area (Å²) in [5.74, 6) is 0.190. The van der Waals surface area contributed by atoms with Gasteiger partial charge in [0.15, 0.2) is 0 Å². The van der Waals surface area contributed by atoms with Crippen LogP contribution >= 0.6 is 0 Å². The Labute approximate surface area is 120 Å². The second kappa shape index (κ2) is 6.44. The van der Waals surface area contributed by atoms with E-state index in [1.54, 1.807) is 0 Å². The molecule has 0 aliphatic heterocycles. The molecule has 2 nitrogen and oxygen atoms in total. The Bertz CT molecular complexity index is 691. The van der Waals surface area contributed by atoms with Gasteiger partial charge in [0.2, 0.25) is 0 Å². The lowest BCUT2D eigenvalue weighted by Gasteiger charge is -2.07. The molecule has 1 unspecified atom stereocenters. The number of hydrogen-bond donors (Lipinski definition) is 0. The highest BCUT2D eigenvalue weighted by Crippen LogP contribution is 2.16. The van der Waals surface area contributed by atoms with Gasteiger partial charge in [0, 0.05) is 16.6 Å². The minimum atomic E-state index is -1.17. The van der Waals surface area contributed by atoms with Crippen molar-refractivity contribution in [2.45, 2.75) is 18.4 Å². The molecule has 0 aromatic heterocycles. The molecule has 1 atom stereocenters. The van der Waals surface area contributed by atoms with Crippen molar-refractivity contribution in [2.75, 3.05) is 0 Å². The van der Waals surface area contributed by atoms with Crippen molar-refractivity contribution in [3.63, 3.8) is 0 Å². The van der Waals surface area contributed by atoms with Gasteiger partial charge in [-0.15, -0.1) is 0 Å². The summed E-state index contributed by atoms with van der Waals surface area (Å²) in [7, 11) is -1.17. The van der Waals surface area contributed by atoms with Crippen LogP contribution < -0.4 is 0 Å². The maximum absolute atomic E-state index is 13.2. The fourth-order valence-electron chi connectivity index (χ4n) is 1.96. The first-order valence-electron chi connectivity index (χ1n) is 6.18. The molecule has 0 saturated carbocycles.